The number of pyridine rings is 1. The van der Waals surface area contributed by atoms with Crippen molar-refractivity contribution in [3.05, 3.63) is 71.4 Å². The number of para-hydroxylation sites is 1. The number of likely N-dealkylation sites (tertiary alicyclic amines) is 1. The second-order valence-electron chi connectivity index (χ2n) is 13.0. The van der Waals surface area contributed by atoms with Crippen molar-refractivity contribution in [3.8, 4) is 11.1 Å². The number of hydrogen-bond donors (Lipinski definition) is 4. The van der Waals surface area contributed by atoms with Gasteiger partial charge in [0.1, 0.15) is 5.69 Å². The SMILES string of the molecule is [B]C([B])(c1cccc(C(=O)NC)n1)N1CC(n2ncc3c2[C@H](CC)N(C)c2c(Nc4cc(NC(=O)C5CC5)nnc4C(=O)NC)cccc2-3)C1. The summed E-state index contributed by atoms with van der Waals surface area (Å²) < 4.78 is 2.08. The van der Waals surface area contributed by atoms with Crippen LogP contribution in [0.15, 0.2) is 48.7 Å². The molecular formula is C34H37B2N11O3. The number of amides is 3. The minimum atomic E-state index is -1.38. The molecule has 3 amide bonds. The van der Waals surface area contributed by atoms with Gasteiger partial charge in [-0.25, -0.2) is 4.98 Å². The molecule has 2 aliphatic heterocycles. The van der Waals surface area contributed by atoms with Gasteiger partial charge in [0.15, 0.2) is 11.5 Å². The molecule has 1 saturated heterocycles. The van der Waals surface area contributed by atoms with Gasteiger partial charge in [-0.15, -0.1) is 10.2 Å². The fourth-order valence-corrected chi connectivity index (χ4v) is 6.79. The molecule has 4 aromatic rings. The molecule has 5 heterocycles. The minimum Gasteiger partial charge on any atom is -0.364 e. The predicted molar refractivity (Wildman–Crippen MR) is 191 cm³/mol. The molecule has 50 heavy (non-hydrogen) atoms. The molecule has 0 spiro atoms. The Balaban J connectivity index is 1.18. The molecule has 252 valence electrons. The monoisotopic (exact) mass is 669 g/mol. The number of nitrogens with zero attached hydrogens (tertiary/aromatic N) is 7. The van der Waals surface area contributed by atoms with Gasteiger partial charge in [0.25, 0.3) is 11.8 Å². The molecule has 1 aliphatic carbocycles. The van der Waals surface area contributed by atoms with Gasteiger partial charge in [-0.05, 0) is 42.8 Å². The first-order chi connectivity index (χ1) is 24.0. The average molecular weight is 669 g/mol. The number of hydrogen-bond acceptors (Lipinski definition) is 10. The van der Waals surface area contributed by atoms with E-state index in [1.165, 1.54) is 7.05 Å². The van der Waals surface area contributed by atoms with Crippen LogP contribution in [-0.4, -0.2) is 97.5 Å². The van der Waals surface area contributed by atoms with E-state index in [1.807, 2.05) is 30.3 Å². The maximum atomic E-state index is 12.8. The largest absolute Gasteiger partial charge is 0.364 e. The van der Waals surface area contributed by atoms with E-state index >= 15 is 0 Å². The third-order valence-corrected chi connectivity index (χ3v) is 9.74. The zero-order chi connectivity index (χ0) is 35.3. The van der Waals surface area contributed by atoms with E-state index in [0.29, 0.717) is 24.5 Å². The molecule has 2 fully saturated rings. The molecule has 3 aliphatic rings. The van der Waals surface area contributed by atoms with Crippen molar-refractivity contribution in [2.24, 2.45) is 5.92 Å². The van der Waals surface area contributed by atoms with Crippen molar-refractivity contribution in [3.63, 3.8) is 0 Å². The van der Waals surface area contributed by atoms with Crippen molar-refractivity contribution < 1.29 is 14.4 Å². The zero-order valence-electron chi connectivity index (χ0n) is 28.4. The van der Waals surface area contributed by atoms with Crippen LogP contribution < -0.4 is 26.2 Å². The van der Waals surface area contributed by atoms with Crippen molar-refractivity contribution in [2.75, 3.05) is 49.8 Å². The first kappa shape index (κ1) is 33.3. The lowest BCUT2D eigenvalue weighted by Gasteiger charge is -2.50. The summed E-state index contributed by atoms with van der Waals surface area (Å²) in [6, 6.07) is 12.7. The second-order valence-corrected chi connectivity index (χ2v) is 13.0. The highest BCUT2D eigenvalue weighted by Crippen LogP contribution is 2.50. The Morgan fingerprint density at radius 3 is 2.40 bits per heavy atom. The van der Waals surface area contributed by atoms with E-state index in [-0.39, 0.29) is 47.0 Å². The number of nitrogens with one attached hydrogen (secondary N) is 4. The first-order valence-electron chi connectivity index (χ1n) is 16.7. The zero-order valence-corrected chi connectivity index (χ0v) is 28.4. The summed E-state index contributed by atoms with van der Waals surface area (Å²) in [5, 5.41) is 23.2. The van der Waals surface area contributed by atoms with Crippen LogP contribution in [0.4, 0.5) is 22.9 Å². The third-order valence-electron chi connectivity index (χ3n) is 9.74. The van der Waals surface area contributed by atoms with E-state index in [1.54, 1.807) is 31.3 Å². The molecule has 16 heteroatoms. The van der Waals surface area contributed by atoms with Crippen molar-refractivity contribution in [2.45, 2.75) is 43.6 Å². The Bertz CT molecular complexity index is 1990. The van der Waals surface area contributed by atoms with Gasteiger partial charge in [0.2, 0.25) is 5.91 Å². The third kappa shape index (κ3) is 5.76. The van der Waals surface area contributed by atoms with E-state index in [4.69, 9.17) is 20.8 Å². The van der Waals surface area contributed by atoms with Gasteiger partial charge in [-0.2, -0.15) is 5.10 Å². The van der Waals surface area contributed by atoms with E-state index in [0.717, 1.165) is 47.5 Å². The van der Waals surface area contributed by atoms with Crippen LogP contribution in [0.25, 0.3) is 11.1 Å². The van der Waals surface area contributed by atoms with Crippen LogP contribution in [0.1, 0.15) is 70.6 Å². The van der Waals surface area contributed by atoms with Crippen molar-refractivity contribution in [1.82, 2.24) is 40.5 Å². The van der Waals surface area contributed by atoms with Crippen LogP contribution in [0, 0.1) is 5.92 Å². The van der Waals surface area contributed by atoms with E-state index in [9.17, 15) is 14.4 Å². The van der Waals surface area contributed by atoms with E-state index < -0.39 is 11.2 Å². The van der Waals surface area contributed by atoms with Crippen molar-refractivity contribution >= 4 is 56.3 Å². The summed E-state index contributed by atoms with van der Waals surface area (Å²) in [6.07, 6.45) is 4.40. The quantitative estimate of drug-likeness (QED) is 0.185. The van der Waals surface area contributed by atoms with Gasteiger partial charge in [-0.3, -0.25) is 19.1 Å². The molecule has 1 aromatic carbocycles. The van der Waals surface area contributed by atoms with Crippen LogP contribution >= 0.6 is 0 Å². The molecular weight excluding hydrogens is 632 g/mol. The lowest BCUT2D eigenvalue weighted by molar-refractivity contribution is -0.117. The van der Waals surface area contributed by atoms with Crippen LogP contribution in [-0.2, 0) is 10.1 Å². The normalized spacial score (nSPS) is 17.3. The second kappa shape index (κ2) is 12.9. The van der Waals surface area contributed by atoms with Crippen LogP contribution in [0.3, 0.4) is 0 Å². The Labute approximate surface area is 292 Å². The maximum Gasteiger partial charge on any atom is 0.273 e. The number of anilines is 4. The Hall–Kier alpha value is -5.24. The topological polar surface area (TPSA) is 162 Å². The average Bonchev–Trinajstić information content (AvgIpc) is 3.87. The van der Waals surface area contributed by atoms with Gasteiger partial charge >= 0.3 is 0 Å². The molecule has 4 radical (unpaired) electrons. The number of fused-ring (bicyclic) bond motifs is 3. The summed E-state index contributed by atoms with van der Waals surface area (Å²) in [7, 11) is 18.4. The number of carbonyl (C=O) groups excluding carboxylic acids is 3. The lowest BCUT2D eigenvalue weighted by Crippen LogP contribution is -2.60. The molecule has 1 saturated carbocycles. The van der Waals surface area contributed by atoms with Gasteiger partial charge in [0.05, 0.1) is 56.7 Å². The molecule has 0 bridgehead atoms. The Morgan fingerprint density at radius 2 is 1.70 bits per heavy atom. The fraction of sp³-hybridized carbons (Fsp3) is 0.382. The fourth-order valence-electron chi connectivity index (χ4n) is 6.79. The molecule has 3 aromatic heterocycles. The van der Waals surface area contributed by atoms with Gasteiger partial charge in [-0.1, -0.05) is 25.1 Å². The summed E-state index contributed by atoms with van der Waals surface area (Å²) >= 11 is 0. The molecule has 7 rings (SSSR count). The van der Waals surface area contributed by atoms with Gasteiger partial charge in [0, 0.05) is 63.0 Å². The molecule has 1 atom stereocenters. The Kier molecular flexibility index (Phi) is 8.58. The highest BCUT2D eigenvalue weighted by atomic mass is 16.2. The minimum absolute atomic E-state index is 0.0109. The lowest BCUT2D eigenvalue weighted by atomic mass is 9.57. The summed E-state index contributed by atoms with van der Waals surface area (Å²) in [5.74, 6) is -0.559. The van der Waals surface area contributed by atoms with Crippen LogP contribution in [0.5, 0.6) is 0 Å². The Morgan fingerprint density at radius 1 is 0.960 bits per heavy atom. The number of benzene rings is 1. The first-order valence-corrected chi connectivity index (χ1v) is 16.7. The van der Waals surface area contributed by atoms with Crippen molar-refractivity contribution in [1.29, 1.82) is 0 Å². The smallest absolute Gasteiger partial charge is 0.273 e. The van der Waals surface area contributed by atoms with Gasteiger partial charge < -0.3 is 31.1 Å². The number of aromatic nitrogens is 5. The number of rotatable bonds is 10. The highest BCUT2D eigenvalue weighted by molar-refractivity contribution is 6.39. The molecule has 0 unspecified atom stereocenters. The predicted octanol–water partition coefficient (Wildman–Crippen LogP) is 2.45. The summed E-state index contributed by atoms with van der Waals surface area (Å²) in [4.78, 5) is 46.0. The molecule has 4 N–H and O–H groups in total. The number of carbonyl (C=O) groups is 3. The standard InChI is InChI=1S/C34H37B2N11O3/c1-5-25-30-21(15-39-47(30)19-16-46(17-19)34(35,36)26-11-7-10-23(41-26)32(49)37-2)20-8-6-9-22(29(20)45(25)4)40-24-14-27(42-31(48)18-12-13-18)43-44-28(24)33(50)38-3/h6-11,14-15,18-19,25H,5,12-13,16-17H2,1-4H3,(H,37,49)(H,38,50)(H2,40,42,43,48)/t25-/m0/s1. The van der Waals surface area contributed by atoms with E-state index in [2.05, 4.69) is 59.0 Å². The summed E-state index contributed by atoms with van der Waals surface area (Å²) in [5.41, 5.74) is 5.95. The van der Waals surface area contributed by atoms with Crippen LogP contribution in [0.2, 0.25) is 0 Å². The molecule has 14 nitrogen and oxygen atoms in total. The summed E-state index contributed by atoms with van der Waals surface area (Å²) in [6.45, 7) is 3.22. The maximum absolute atomic E-state index is 12.8. The highest BCUT2D eigenvalue weighted by Gasteiger charge is 2.43.